The molecule has 9 heteroatoms. The van der Waals surface area contributed by atoms with Crippen LogP contribution < -0.4 is 14.8 Å². The van der Waals surface area contributed by atoms with E-state index >= 15 is 0 Å². The zero-order valence-electron chi connectivity index (χ0n) is 14.1. The van der Waals surface area contributed by atoms with Crippen molar-refractivity contribution < 1.29 is 14.4 Å². The normalized spacial score (nSPS) is 15.6. The van der Waals surface area contributed by atoms with Crippen molar-refractivity contribution in [3.8, 4) is 11.5 Å². The van der Waals surface area contributed by atoms with Crippen molar-refractivity contribution in [2.75, 3.05) is 40.4 Å². The lowest BCUT2D eigenvalue weighted by Crippen LogP contribution is -2.45. The summed E-state index contributed by atoms with van der Waals surface area (Å²) in [6, 6.07) is 3.20. The number of piperazine rings is 1. The van der Waals surface area contributed by atoms with Crippen LogP contribution in [0.3, 0.4) is 0 Å². The maximum atomic E-state index is 11.5. The van der Waals surface area contributed by atoms with Crippen molar-refractivity contribution in [3.05, 3.63) is 27.8 Å². The molecule has 1 aromatic rings. The second kappa shape index (κ2) is 10.6. The molecular weight excluding hydrogens is 357 g/mol. The van der Waals surface area contributed by atoms with E-state index in [1.807, 2.05) is 6.92 Å². The van der Waals surface area contributed by atoms with Gasteiger partial charge in [-0.25, -0.2) is 0 Å². The minimum atomic E-state index is -0.345. The molecule has 0 unspecified atom stereocenters. The third kappa shape index (κ3) is 4.86. The van der Waals surface area contributed by atoms with Gasteiger partial charge in [0.1, 0.15) is 0 Å². The van der Waals surface area contributed by atoms with Gasteiger partial charge in [0.2, 0.25) is 0 Å². The van der Waals surface area contributed by atoms with Crippen molar-refractivity contribution in [2.24, 2.45) is 0 Å². The highest BCUT2D eigenvalue weighted by molar-refractivity contribution is 5.85. The molecule has 1 aliphatic heterocycles. The number of nitrogens with zero attached hydrogens (tertiary/aromatic N) is 2. The van der Waals surface area contributed by atoms with Gasteiger partial charge in [-0.15, -0.1) is 24.8 Å². The van der Waals surface area contributed by atoms with Gasteiger partial charge in [-0.2, -0.15) is 0 Å². The smallest absolute Gasteiger partial charge is 0.278 e. The Hall–Kier alpha value is -1.28. The Morgan fingerprint density at radius 3 is 2.21 bits per heavy atom. The van der Waals surface area contributed by atoms with E-state index in [2.05, 4.69) is 10.2 Å². The lowest BCUT2D eigenvalue weighted by atomic mass is 9.99. The first-order chi connectivity index (χ1) is 10.6. The van der Waals surface area contributed by atoms with Crippen molar-refractivity contribution >= 4 is 30.5 Å². The van der Waals surface area contributed by atoms with Crippen LogP contribution in [0.1, 0.15) is 24.9 Å². The second-order valence-corrected chi connectivity index (χ2v) is 5.23. The molecule has 0 bridgehead atoms. The number of nitro benzene ring substituents is 1. The Morgan fingerprint density at radius 1 is 1.21 bits per heavy atom. The van der Waals surface area contributed by atoms with E-state index in [1.165, 1.54) is 13.2 Å². The monoisotopic (exact) mass is 381 g/mol. The lowest BCUT2D eigenvalue weighted by molar-refractivity contribution is -0.386. The summed E-state index contributed by atoms with van der Waals surface area (Å²) in [7, 11) is 3.02. The second-order valence-electron chi connectivity index (χ2n) is 5.23. The maximum absolute atomic E-state index is 11.5. The molecule has 1 aliphatic rings. The van der Waals surface area contributed by atoms with Crippen molar-refractivity contribution in [1.82, 2.24) is 10.2 Å². The average Bonchev–Trinajstić information content (AvgIpc) is 2.55. The van der Waals surface area contributed by atoms with E-state index in [9.17, 15) is 10.1 Å². The van der Waals surface area contributed by atoms with E-state index in [0.717, 1.165) is 32.6 Å². The first-order valence-corrected chi connectivity index (χ1v) is 7.47. The number of nitrogens with one attached hydrogen (secondary N) is 1. The molecule has 0 amide bonds. The Kier molecular flexibility index (Phi) is 9.99. The van der Waals surface area contributed by atoms with Gasteiger partial charge in [0.05, 0.1) is 30.8 Å². The number of rotatable bonds is 6. The van der Waals surface area contributed by atoms with Crippen LogP contribution in [0.5, 0.6) is 11.5 Å². The fraction of sp³-hybridized carbons (Fsp3) is 0.600. The molecule has 0 spiro atoms. The first kappa shape index (κ1) is 22.7. The molecule has 2 rings (SSSR count). The fourth-order valence-electron chi connectivity index (χ4n) is 2.98. The third-order valence-corrected chi connectivity index (χ3v) is 4.07. The van der Waals surface area contributed by atoms with Crippen LogP contribution >= 0.6 is 24.8 Å². The average molecular weight is 382 g/mol. The molecule has 0 saturated carbocycles. The lowest BCUT2D eigenvalue weighted by Gasteiger charge is -2.34. The van der Waals surface area contributed by atoms with Crippen LogP contribution in [0.4, 0.5) is 5.69 Å². The number of halogens is 2. The van der Waals surface area contributed by atoms with E-state index in [1.54, 1.807) is 13.2 Å². The van der Waals surface area contributed by atoms with Crippen molar-refractivity contribution in [2.45, 2.75) is 19.4 Å². The van der Waals surface area contributed by atoms with Crippen LogP contribution in [0.25, 0.3) is 0 Å². The SMILES string of the molecule is CC[C@@H](c1cc(OC)c(OC)cc1[N+](=O)[O-])N1CCNCC1.Cl.Cl. The predicted molar refractivity (Wildman–Crippen MR) is 98.2 cm³/mol. The number of benzene rings is 1. The van der Waals surface area contributed by atoms with Crippen LogP contribution in [-0.2, 0) is 0 Å². The summed E-state index contributed by atoms with van der Waals surface area (Å²) in [5.41, 5.74) is 0.773. The van der Waals surface area contributed by atoms with E-state index in [0.29, 0.717) is 17.1 Å². The maximum Gasteiger partial charge on any atom is 0.278 e. The molecule has 24 heavy (non-hydrogen) atoms. The topological polar surface area (TPSA) is 76.9 Å². The van der Waals surface area contributed by atoms with E-state index in [4.69, 9.17) is 9.47 Å². The highest BCUT2D eigenvalue weighted by Gasteiger charge is 2.29. The molecule has 0 aliphatic carbocycles. The number of hydrogen-bond acceptors (Lipinski definition) is 6. The molecule has 1 atom stereocenters. The number of ether oxygens (including phenoxy) is 2. The Balaban J connectivity index is 0.00000264. The van der Waals surface area contributed by atoms with Gasteiger partial charge < -0.3 is 14.8 Å². The summed E-state index contributed by atoms with van der Waals surface area (Å²) in [6.45, 7) is 5.61. The predicted octanol–water partition coefficient (Wildman–Crippen LogP) is 2.81. The van der Waals surface area contributed by atoms with E-state index in [-0.39, 0.29) is 41.5 Å². The summed E-state index contributed by atoms with van der Waals surface area (Å²) in [5.74, 6) is 0.907. The van der Waals surface area contributed by atoms with Gasteiger partial charge in [-0.3, -0.25) is 15.0 Å². The Bertz CT molecular complexity index is 540. The molecule has 1 N–H and O–H groups in total. The van der Waals surface area contributed by atoms with Gasteiger partial charge in [0, 0.05) is 32.2 Å². The minimum absolute atomic E-state index is 0. The van der Waals surface area contributed by atoms with Gasteiger partial charge >= 0.3 is 0 Å². The standard InChI is InChI=1S/C15H23N3O4.2ClH/c1-4-12(17-7-5-16-6-8-17)11-9-14(21-2)15(22-3)10-13(11)18(19)20;;/h9-10,12,16H,4-8H2,1-3H3;2*1H/t12-;;/m0../s1. The van der Waals surface area contributed by atoms with Gasteiger partial charge in [0.25, 0.3) is 5.69 Å². The van der Waals surface area contributed by atoms with Crippen LogP contribution in [0.15, 0.2) is 12.1 Å². The summed E-state index contributed by atoms with van der Waals surface area (Å²) in [5, 5.41) is 14.8. The summed E-state index contributed by atoms with van der Waals surface area (Å²) < 4.78 is 10.5. The molecule has 0 aromatic heterocycles. The number of nitro groups is 1. The van der Waals surface area contributed by atoms with Crippen molar-refractivity contribution in [3.63, 3.8) is 0 Å². The highest BCUT2D eigenvalue weighted by Crippen LogP contribution is 2.40. The van der Waals surface area contributed by atoms with Crippen LogP contribution in [0, 0.1) is 10.1 Å². The minimum Gasteiger partial charge on any atom is -0.493 e. The van der Waals surface area contributed by atoms with Crippen molar-refractivity contribution in [1.29, 1.82) is 0 Å². The highest BCUT2D eigenvalue weighted by atomic mass is 35.5. The fourth-order valence-corrected chi connectivity index (χ4v) is 2.98. The molecule has 1 aromatic carbocycles. The molecule has 1 saturated heterocycles. The molecule has 0 radical (unpaired) electrons. The van der Waals surface area contributed by atoms with E-state index < -0.39 is 0 Å². The molecule has 1 heterocycles. The number of hydrogen-bond donors (Lipinski definition) is 1. The molecule has 1 fully saturated rings. The molecule has 138 valence electrons. The third-order valence-electron chi connectivity index (χ3n) is 4.07. The number of methoxy groups -OCH3 is 2. The quantitative estimate of drug-likeness (QED) is 0.602. The molecule has 7 nitrogen and oxygen atoms in total. The largest absolute Gasteiger partial charge is 0.493 e. The van der Waals surface area contributed by atoms with Gasteiger partial charge in [0.15, 0.2) is 11.5 Å². The van der Waals surface area contributed by atoms with Crippen LogP contribution in [0.2, 0.25) is 0 Å². The Morgan fingerprint density at radius 2 is 1.75 bits per heavy atom. The molecular formula is C15H25Cl2N3O4. The zero-order valence-corrected chi connectivity index (χ0v) is 15.7. The Labute approximate surface area is 154 Å². The van der Waals surface area contributed by atoms with Crippen LogP contribution in [-0.4, -0.2) is 50.2 Å². The zero-order chi connectivity index (χ0) is 16.1. The first-order valence-electron chi connectivity index (χ1n) is 7.47. The van der Waals surface area contributed by atoms with Gasteiger partial charge in [-0.1, -0.05) is 6.92 Å². The van der Waals surface area contributed by atoms with Gasteiger partial charge in [-0.05, 0) is 12.5 Å². The summed E-state index contributed by atoms with van der Waals surface area (Å²) in [4.78, 5) is 13.4. The summed E-state index contributed by atoms with van der Waals surface area (Å²) in [6.07, 6.45) is 0.802. The summed E-state index contributed by atoms with van der Waals surface area (Å²) >= 11 is 0.